The van der Waals surface area contributed by atoms with E-state index < -0.39 is 0 Å². The van der Waals surface area contributed by atoms with Gasteiger partial charge in [0.1, 0.15) is 5.75 Å². The summed E-state index contributed by atoms with van der Waals surface area (Å²) in [4.78, 5) is 12.3. The summed E-state index contributed by atoms with van der Waals surface area (Å²) in [6.45, 7) is 4.14. The van der Waals surface area contributed by atoms with Gasteiger partial charge in [0.15, 0.2) is 6.61 Å². The molecule has 0 radical (unpaired) electrons. The first-order valence-corrected chi connectivity index (χ1v) is 10.2. The first kappa shape index (κ1) is 19.0. The van der Waals surface area contributed by atoms with Crippen molar-refractivity contribution in [2.24, 2.45) is 0 Å². The van der Waals surface area contributed by atoms with Gasteiger partial charge in [-0.2, -0.15) is 0 Å². The molecular formula is C22H26BrNO2. The zero-order chi connectivity index (χ0) is 18.5. The average Bonchev–Trinajstić information content (AvgIpc) is 2.66. The van der Waals surface area contributed by atoms with Gasteiger partial charge >= 0.3 is 0 Å². The maximum atomic E-state index is 12.3. The van der Waals surface area contributed by atoms with Crippen LogP contribution in [0.2, 0.25) is 0 Å². The van der Waals surface area contributed by atoms with Crippen LogP contribution in [0.25, 0.3) is 0 Å². The number of hydrogen-bond acceptors (Lipinski definition) is 2. The normalized spacial score (nSPS) is 14.4. The summed E-state index contributed by atoms with van der Waals surface area (Å²) in [7, 11) is 0. The van der Waals surface area contributed by atoms with Crippen molar-refractivity contribution in [2.75, 3.05) is 6.61 Å². The molecule has 1 aliphatic rings. The van der Waals surface area contributed by atoms with E-state index in [1.165, 1.54) is 36.0 Å². The van der Waals surface area contributed by atoms with Crippen LogP contribution in [-0.2, 0) is 24.1 Å². The van der Waals surface area contributed by atoms with E-state index in [4.69, 9.17) is 4.74 Å². The van der Waals surface area contributed by atoms with E-state index in [1.807, 2.05) is 25.1 Å². The highest BCUT2D eigenvalue weighted by atomic mass is 79.9. The van der Waals surface area contributed by atoms with Crippen molar-refractivity contribution in [1.29, 1.82) is 0 Å². The Balaban J connectivity index is 1.56. The van der Waals surface area contributed by atoms with E-state index in [1.54, 1.807) is 0 Å². The molecule has 138 valence electrons. The average molecular weight is 416 g/mol. The van der Waals surface area contributed by atoms with Crippen LogP contribution in [0.5, 0.6) is 5.75 Å². The largest absolute Gasteiger partial charge is 0.483 e. The van der Waals surface area contributed by atoms with Gasteiger partial charge in [-0.15, -0.1) is 0 Å². The lowest BCUT2D eigenvalue weighted by molar-refractivity contribution is -0.123. The minimum atomic E-state index is -0.110. The summed E-state index contributed by atoms with van der Waals surface area (Å²) in [5.74, 6) is 0.584. The Morgan fingerprint density at radius 2 is 1.92 bits per heavy atom. The van der Waals surface area contributed by atoms with Crippen molar-refractivity contribution in [3.05, 3.63) is 63.1 Å². The molecule has 0 aromatic heterocycles. The van der Waals surface area contributed by atoms with Crippen molar-refractivity contribution in [1.82, 2.24) is 5.32 Å². The minimum Gasteiger partial charge on any atom is -0.483 e. The molecule has 0 spiro atoms. The first-order valence-electron chi connectivity index (χ1n) is 9.39. The molecule has 0 aliphatic heterocycles. The van der Waals surface area contributed by atoms with Gasteiger partial charge in [-0.05, 0) is 89.3 Å². The summed E-state index contributed by atoms with van der Waals surface area (Å²) < 4.78 is 6.55. The Morgan fingerprint density at radius 1 is 1.15 bits per heavy atom. The number of rotatable bonds is 6. The standard InChI is InChI=1S/C22H26BrNO2/c1-3-16-8-11-21(20(23)12-16)26-14-22(25)24-15(2)18-10-9-17-6-4-5-7-19(17)13-18/h8-13,15H,3-7,14H2,1-2H3,(H,24,25)/t15-/m0/s1. The van der Waals surface area contributed by atoms with E-state index in [0.717, 1.165) is 22.9 Å². The van der Waals surface area contributed by atoms with Gasteiger partial charge in [0.25, 0.3) is 5.91 Å². The summed E-state index contributed by atoms with van der Waals surface area (Å²) in [6.07, 6.45) is 5.84. The third-order valence-electron chi connectivity index (χ3n) is 5.01. The monoisotopic (exact) mass is 415 g/mol. The highest BCUT2D eigenvalue weighted by molar-refractivity contribution is 9.10. The molecule has 2 aromatic rings. The van der Waals surface area contributed by atoms with Crippen LogP contribution in [0, 0.1) is 0 Å². The van der Waals surface area contributed by atoms with Gasteiger partial charge in [-0.25, -0.2) is 0 Å². The van der Waals surface area contributed by atoms with E-state index in [-0.39, 0.29) is 18.6 Å². The number of carbonyl (C=O) groups excluding carboxylic acids is 1. The SMILES string of the molecule is CCc1ccc(OCC(=O)N[C@@H](C)c2ccc3c(c2)CCCC3)c(Br)c1. The molecule has 2 aromatic carbocycles. The van der Waals surface area contributed by atoms with E-state index >= 15 is 0 Å². The van der Waals surface area contributed by atoms with E-state index in [9.17, 15) is 4.79 Å². The molecule has 26 heavy (non-hydrogen) atoms. The Morgan fingerprint density at radius 3 is 2.65 bits per heavy atom. The number of halogens is 1. The number of hydrogen-bond donors (Lipinski definition) is 1. The Labute approximate surface area is 164 Å². The lowest BCUT2D eigenvalue weighted by Gasteiger charge is -2.20. The second-order valence-corrected chi connectivity index (χ2v) is 7.79. The van der Waals surface area contributed by atoms with E-state index in [0.29, 0.717) is 5.75 Å². The molecule has 0 fully saturated rings. The molecule has 4 heteroatoms. The molecule has 0 unspecified atom stereocenters. The predicted octanol–water partition coefficient (Wildman–Crippen LogP) is 5.15. The first-order chi connectivity index (χ1) is 12.6. The number of amides is 1. The minimum absolute atomic E-state index is 0.0132. The molecular weight excluding hydrogens is 390 g/mol. The van der Waals surface area contributed by atoms with Gasteiger partial charge in [0.05, 0.1) is 10.5 Å². The fourth-order valence-electron chi connectivity index (χ4n) is 3.41. The second-order valence-electron chi connectivity index (χ2n) is 6.93. The van der Waals surface area contributed by atoms with Crippen LogP contribution < -0.4 is 10.1 Å². The topological polar surface area (TPSA) is 38.3 Å². The third kappa shape index (κ3) is 4.67. The van der Waals surface area contributed by atoms with Crippen molar-refractivity contribution >= 4 is 21.8 Å². The molecule has 0 heterocycles. The predicted molar refractivity (Wildman–Crippen MR) is 109 cm³/mol. The lowest BCUT2D eigenvalue weighted by atomic mass is 9.89. The third-order valence-corrected chi connectivity index (χ3v) is 5.63. The molecule has 3 rings (SSSR count). The summed E-state index contributed by atoms with van der Waals surface area (Å²) in [5, 5.41) is 3.04. The maximum absolute atomic E-state index is 12.3. The van der Waals surface area contributed by atoms with Crippen molar-refractivity contribution < 1.29 is 9.53 Å². The number of benzene rings is 2. The summed E-state index contributed by atoms with van der Waals surface area (Å²) in [5.41, 5.74) is 5.29. The molecule has 1 atom stereocenters. The van der Waals surface area contributed by atoms with Crippen LogP contribution in [0.1, 0.15) is 55.0 Å². The molecule has 1 aliphatic carbocycles. The zero-order valence-electron chi connectivity index (χ0n) is 15.5. The van der Waals surface area contributed by atoms with Crippen LogP contribution in [0.4, 0.5) is 0 Å². The lowest BCUT2D eigenvalue weighted by Crippen LogP contribution is -2.31. The number of ether oxygens (including phenoxy) is 1. The molecule has 1 N–H and O–H groups in total. The number of fused-ring (bicyclic) bond motifs is 1. The van der Waals surface area contributed by atoms with E-state index in [2.05, 4.69) is 46.4 Å². The molecule has 3 nitrogen and oxygen atoms in total. The molecule has 0 saturated heterocycles. The van der Waals surface area contributed by atoms with Crippen LogP contribution >= 0.6 is 15.9 Å². The maximum Gasteiger partial charge on any atom is 0.258 e. The highest BCUT2D eigenvalue weighted by Crippen LogP contribution is 2.27. The second kappa shape index (κ2) is 8.72. The van der Waals surface area contributed by atoms with Crippen molar-refractivity contribution in [3.8, 4) is 5.75 Å². The smallest absolute Gasteiger partial charge is 0.258 e. The van der Waals surface area contributed by atoms with Gasteiger partial charge in [-0.3, -0.25) is 4.79 Å². The van der Waals surface area contributed by atoms with Crippen molar-refractivity contribution in [2.45, 2.75) is 52.0 Å². The Bertz CT molecular complexity index is 788. The Kier molecular flexibility index (Phi) is 6.36. The van der Waals surface area contributed by atoms with Gasteiger partial charge in [0.2, 0.25) is 0 Å². The Hall–Kier alpha value is -1.81. The quantitative estimate of drug-likeness (QED) is 0.708. The van der Waals surface area contributed by atoms with Crippen LogP contribution in [-0.4, -0.2) is 12.5 Å². The van der Waals surface area contributed by atoms with Crippen molar-refractivity contribution in [3.63, 3.8) is 0 Å². The fourth-order valence-corrected chi connectivity index (χ4v) is 3.95. The highest BCUT2D eigenvalue weighted by Gasteiger charge is 2.14. The molecule has 1 amide bonds. The number of carbonyl (C=O) groups is 1. The number of nitrogens with one attached hydrogen (secondary N) is 1. The fraction of sp³-hybridized carbons (Fsp3) is 0.409. The summed E-state index contributed by atoms with van der Waals surface area (Å²) >= 11 is 3.50. The summed E-state index contributed by atoms with van der Waals surface area (Å²) in [6, 6.07) is 12.5. The van der Waals surface area contributed by atoms with Gasteiger partial charge in [-0.1, -0.05) is 31.2 Å². The zero-order valence-corrected chi connectivity index (χ0v) is 17.1. The van der Waals surface area contributed by atoms with Crippen LogP contribution in [0.15, 0.2) is 40.9 Å². The molecule has 0 bridgehead atoms. The van der Waals surface area contributed by atoms with Gasteiger partial charge in [0, 0.05) is 0 Å². The van der Waals surface area contributed by atoms with Crippen LogP contribution in [0.3, 0.4) is 0 Å². The van der Waals surface area contributed by atoms with Gasteiger partial charge < -0.3 is 10.1 Å². The molecule has 0 saturated carbocycles. The number of aryl methyl sites for hydroxylation is 3.